The lowest BCUT2D eigenvalue weighted by Gasteiger charge is -2.28. The Labute approximate surface area is 134 Å². The van der Waals surface area contributed by atoms with Crippen molar-refractivity contribution in [1.29, 1.82) is 0 Å². The van der Waals surface area contributed by atoms with E-state index in [1.807, 2.05) is 12.1 Å². The monoisotopic (exact) mass is 329 g/mol. The maximum Gasteiger partial charge on any atom is 0.326 e. The highest BCUT2D eigenvalue weighted by Crippen LogP contribution is 2.26. The molecular weight excluding hydrogens is 310 g/mol. The molecule has 0 aliphatic heterocycles. The van der Waals surface area contributed by atoms with Gasteiger partial charge < -0.3 is 10.4 Å². The summed E-state index contributed by atoms with van der Waals surface area (Å²) < 4.78 is 0. The van der Waals surface area contributed by atoms with Gasteiger partial charge in [0.05, 0.1) is 5.25 Å². The first-order chi connectivity index (χ1) is 9.61. The molecule has 0 aliphatic rings. The first-order valence-electron chi connectivity index (χ1n) is 6.56. The van der Waals surface area contributed by atoms with E-state index >= 15 is 0 Å². The molecule has 2 atom stereocenters. The zero-order valence-corrected chi connectivity index (χ0v) is 14.1. The SMILES string of the molecule is CC(Sc1ccc(Cl)cc1)C(=O)N[C@@H](C(=O)O)C(C)(C)C. The van der Waals surface area contributed by atoms with Crippen molar-refractivity contribution < 1.29 is 14.7 Å². The molecule has 1 aromatic rings. The number of aliphatic carboxylic acids is 1. The smallest absolute Gasteiger partial charge is 0.326 e. The summed E-state index contributed by atoms with van der Waals surface area (Å²) in [5, 5.41) is 12.1. The first kappa shape index (κ1) is 17.9. The van der Waals surface area contributed by atoms with Crippen molar-refractivity contribution in [2.75, 3.05) is 0 Å². The molecule has 0 saturated carbocycles. The highest BCUT2D eigenvalue weighted by molar-refractivity contribution is 8.00. The van der Waals surface area contributed by atoms with E-state index in [-0.39, 0.29) is 5.91 Å². The molecule has 2 N–H and O–H groups in total. The van der Waals surface area contributed by atoms with Crippen LogP contribution >= 0.6 is 23.4 Å². The lowest BCUT2D eigenvalue weighted by Crippen LogP contribution is -2.51. The summed E-state index contributed by atoms with van der Waals surface area (Å²) in [7, 11) is 0. The molecule has 0 fully saturated rings. The molecular formula is C15H20ClNO3S. The summed E-state index contributed by atoms with van der Waals surface area (Å²) in [5.41, 5.74) is -0.549. The molecule has 1 rings (SSSR count). The second-order valence-electron chi connectivity index (χ2n) is 5.86. The molecule has 6 heteroatoms. The van der Waals surface area contributed by atoms with E-state index in [4.69, 9.17) is 11.6 Å². The molecule has 0 spiro atoms. The number of hydrogen-bond acceptors (Lipinski definition) is 3. The van der Waals surface area contributed by atoms with Crippen molar-refractivity contribution in [3.8, 4) is 0 Å². The van der Waals surface area contributed by atoms with Crippen LogP contribution in [0.2, 0.25) is 5.02 Å². The molecule has 0 radical (unpaired) electrons. The second kappa shape index (κ2) is 7.18. The zero-order valence-electron chi connectivity index (χ0n) is 12.5. The van der Waals surface area contributed by atoms with Gasteiger partial charge >= 0.3 is 5.97 Å². The number of carboxylic acid groups (broad SMARTS) is 1. The molecule has 0 saturated heterocycles. The topological polar surface area (TPSA) is 66.4 Å². The van der Waals surface area contributed by atoms with E-state index in [1.54, 1.807) is 39.8 Å². The van der Waals surface area contributed by atoms with Gasteiger partial charge in [-0.05, 0) is 36.6 Å². The van der Waals surface area contributed by atoms with Crippen LogP contribution in [0.4, 0.5) is 0 Å². The molecule has 4 nitrogen and oxygen atoms in total. The number of rotatable bonds is 5. The molecule has 1 amide bonds. The van der Waals surface area contributed by atoms with Crippen molar-refractivity contribution >= 4 is 35.2 Å². The molecule has 0 aromatic heterocycles. The van der Waals surface area contributed by atoms with Crippen LogP contribution in [0.15, 0.2) is 29.2 Å². The normalized spacial score (nSPS) is 14.3. The van der Waals surface area contributed by atoms with E-state index in [9.17, 15) is 14.7 Å². The number of carbonyl (C=O) groups is 2. The first-order valence-corrected chi connectivity index (χ1v) is 7.82. The molecule has 0 heterocycles. The van der Waals surface area contributed by atoms with Crippen LogP contribution in [0.3, 0.4) is 0 Å². The zero-order chi connectivity index (χ0) is 16.2. The van der Waals surface area contributed by atoms with Gasteiger partial charge in [0.1, 0.15) is 6.04 Å². The number of halogens is 1. The fourth-order valence-corrected chi connectivity index (χ4v) is 2.68. The average molecular weight is 330 g/mol. The van der Waals surface area contributed by atoms with Crippen LogP contribution < -0.4 is 5.32 Å². The highest BCUT2D eigenvalue weighted by atomic mass is 35.5. The lowest BCUT2D eigenvalue weighted by molar-refractivity contribution is -0.144. The number of carbonyl (C=O) groups excluding carboxylic acids is 1. The average Bonchev–Trinajstić information content (AvgIpc) is 2.36. The Morgan fingerprint density at radius 2 is 1.76 bits per heavy atom. The van der Waals surface area contributed by atoms with Crippen LogP contribution in [0.5, 0.6) is 0 Å². The minimum absolute atomic E-state index is 0.294. The third kappa shape index (κ3) is 5.59. The van der Waals surface area contributed by atoms with E-state index < -0.39 is 22.7 Å². The van der Waals surface area contributed by atoms with Crippen LogP contribution in [-0.4, -0.2) is 28.3 Å². The standard InChI is InChI=1S/C15H20ClNO3S/c1-9(21-11-7-5-10(16)6-8-11)13(18)17-12(14(19)20)15(2,3)4/h5-9,12H,1-4H3,(H,17,18)(H,19,20)/t9?,12-/m0/s1. The Bertz CT molecular complexity index is 511. The third-order valence-corrected chi connectivity index (χ3v) is 4.26. The Morgan fingerprint density at radius 1 is 1.24 bits per heavy atom. The fourth-order valence-electron chi connectivity index (χ4n) is 1.68. The van der Waals surface area contributed by atoms with Crippen molar-refractivity contribution in [2.45, 2.75) is 43.9 Å². The summed E-state index contributed by atoms with van der Waals surface area (Å²) in [5.74, 6) is -1.32. The summed E-state index contributed by atoms with van der Waals surface area (Å²) in [6.07, 6.45) is 0. The van der Waals surface area contributed by atoms with Gasteiger partial charge in [-0.1, -0.05) is 32.4 Å². The molecule has 21 heavy (non-hydrogen) atoms. The van der Waals surface area contributed by atoms with Crippen LogP contribution in [0, 0.1) is 5.41 Å². The van der Waals surface area contributed by atoms with Crippen molar-refractivity contribution in [3.05, 3.63) is 29.3 Å². The van der Waals surface area contributed by atoms with E-state index in [2.05, 4.69) is 5.32 Å². The minimum atomic E-state index is -1.03. The second-order valence-corrected chi connectivity index (χ2v) is 7.71. The lowest BCUT2D eigenvalue weighted by atomic mass is 9.86. The van der Waals surface area contributed by atoms with Gasteiger partial charge in [-0.25, -0.2) is 4.79 Å². The number of thioether (sulfide) groups is 1. The van der Waals surface area contributed by atoms with Crippen molar-refractivity contribution in [1.82, 2.24) is 5.32 Å². The van der Waals surface area contributed by atoms with Gasteiger partial charge in [-0.3, -0.25) is 4.79 Å². The summed E-state index contributed by atoms with van der Waals surface area (Å²) in [4.78, 5) is 24.3. The summed E-state index contributed by atoms with van der Waals surface area (Å²) in [6.45, 7) is 7.09. The van der Waals surface area contributed by atoms with Gasteiger partial charge in [-0.2, -0.15) is 0 Å². The fraction of sp³-hybridized carbons (Fsp3) is 0.467. The predicted octanol–water partition coefficient (Wildman–Crippen LogP) is 3.44. The number of hydrogen-bond donors (Lipinski definition) is 2. The Morgan fingerprint density at radius 3 is 2.19 bits per heavy atom. The van der Waals surface area contributed by atoms with Gasteiger partial charge in [0.25, 0.3) is 0 Å². The maximum atomic E-state index is 12.2. The number of benzene rings is 1. The van der Waals surface area contributed by atoms with Crippen LogP contribution in [-0.2, 0) is 9.59 Å². The van der Waals surface area contributed by atoms with Gasteiger partial charge in [0.15, 0.2) is 0 Å². The summed E-state index contributed by atoms with van der Waals surface area (Å²) >= 11 is 7.17. The van der Waals surface area contributed by atoms with Gasteiger partial charge in [0, 0.05) is 9.92 Å². The van der Waals surface area contributed by atoms with Crippen molar-refractivity contribution in [3.63, 3.8) is 0 Å². The van der Waals surface area contributed by atoms with Gasteiger partial charge in [0.2, 0.25) is 5.91 Å². The molecule has 0 aliphatic carbocycles. The van der Waals surface area contributed by atoms with E-state index in [0.29, 0.717) is 5.02 Å². The molecule has 116 valence electrons. The van der Waals surface area contributed by atoms with Crippen LogP contribution in [0.1, 0.15) is 27.7 Å². The highest BCUT2D eigenvalue weighted by Gasteiger charge is 2.33. The van der Waals surface area contributed by atoms with E-state index in [0.717, 1.165) is 4.90 Å². The maximum absolute atomic E-state index is 12.2. The quantitative estimate of drug-likeness (QED) is 0.812. The number of amides is 1. The summed E-state index contributed by atoms with van der Waals surface area (Å²) in [6, 6.07) is 6.25. The third-order valence-electron chi connectivity index (χ3n) is 2.90. The molecule has 1 aromatic carbocycles. The van der Waals surface area contributed by atoms with Crippen LogP contribution in [0.25, 0.3) is 0 Å². The minimum Gasteiger partial charge on any atom is -0.480 e. The molecule has 1 unspecified atom stereocenters. The Kier molecular flexibility index (Phi) is 6.10. The molecule has 0 bridgehead atoms. The number of nitrogens with one attached hydrogen (secondary N) is 1. The largest absolute Gasteiger partial charge is 0.480 e. The van der Waals surface area contributed by atoms with Crippen molar-refractivity contribution in [2.24, 2.45) is 5.41 Å². The predicted molar refractivity (Wildman–Crippen MR) is 85.8 cm³/mol. The Hall–Kier alpha value is -1.20. The van der Waals surface area contributed by atoms with Gasteiger partial charge in [-0.15, -0.1) is 11.8 Å². The Balaban J connectivity index is 2.69. The van der Waals surface area contributed by atoms with E-state index in [1.165, 1.54) is 11.8 Å². The number of carboxylic acids is 1.